The number of hydrogen-bond acceptors (Lipinski definition) is 4. The Labute approximate surface area is 195 Å². The lowest BCUT2D eigenvalue weighted by molar-refractivity contribution is -0.142. The molecule has 0 saturated carbocycles. The third-order valence-electron chi connectivity index (χ3n) is 7.20. The summed E-state index contributed by atoms with van der Waals surface area (Å²) in [5.74, 6) is 0.813. The second-order valence-electron chi connectivity index (χ2n) is 9.32. The molecule has 4 heterocycles. The predicted molar refractivity (Wildman–Crippen MR) is 130 cm³/mol. The Morgan fingerprint density at radius 1 is 1.12 bits per heavy atom. The Balaban J connectivity index is 1.23. The molecule has 2 bridgehead atoms. The molecule has 0 radical (unpaired) electrons. The summed E-state index contributed by atoms with van der Waals surface area (Å²) in [6, 6.07) is 19.3. The summed E-state index contributed by atoms with van der Waals surface area (Å²) < 4.78 is 1.96. The van der Waals surface area contributed by atoms with Crippen LogP contribution in [-0.4, -0.2) is 63.4 Å². The summed E-state index contributed by atoms with van der Waals surface area (Å²) in [4.78, 5) is 17.1. The zero-order valence-corrected chi connectivity index (χ0v) is 19.2. The number of likely N-dealkylation sites (N-methyl/N-ethyl adjacent to an activating group) is 1. The van der Waals surface area contributed by atoms with E-state index >= 15 is 0 Å². The molecule has 0 spiro atoms. The summed E-state index contributed by atoms with van der Waals surface area (Å²) in [5, 5.41) is 8.84. The average molecular weight is 442 g/mol. The molecule has 1 amide bonds. The maximum atomic E-state index is 12.8. The highest BCUT2D eigenvalue weighted by Crippen LogP contribution is 2.37. The number of benzene rings is 2. The topological polar surface area (TPSA) is 54.3 Å². The van der Waals surface area contributed by atoms with Gasteiger partial charge in [-0.15, -0.1) is 11.7 Å². The van der Waals surface area contributed by atoms with Gasteiger partial charge in [-0.3, -0.25) is 14.4 Å². The van der Waals surface area contributed by atoms with Crippen molar-refractivity contribution in [3.8, 4) is 22.4 Å². The van der Waals surface area contributed by atoms with Crippen molar-refractivity contribution in [3.63, 3.8) is 0 Å². The lowest BCUT2D eigenvalue weighted by Crippen LogP contribution is -2.58. The van der Waals surface area contributed by atoms with Crippen LogP contribution in [0.2, 0.25) is 0 Å². The number of nitrogens with zero attached hydrogens (tertiary/aromatic N) is 5. The average Bonchev–Trinajstić information content (AvgIpc) is 3.33. The summed E-state index contributed by atoms with van der Waals surface area (Å²) in [7, 11) is 1.88. The van der Waals surface area contributed by atoms with Gasteiger partial charge in [-0.2, -0.15) is 0 Å². The van der Waals surface area contributed by atoms with Crippen LogP contribution in [0, 0.1) is 11.8 Å². The van der Waals surface area contributed by atoms with Gasteiger partial charge < -0.3 is 4.90 Å². The van der Waals surface area contributed by atoms with Crippen LogP contribution in [0.25, 0.3) is 22.4 Å². The van der Waals surface area contributed by atoms with E-state index in [2.05, 4.69) is 70.3 Å². The molecule has 0 aliphatic carbocycles. The third-order valence-corrected chi connectivity index (χ3v) is 7.20. The highest BCUT2D eigenvalue weighted by molar-refractivity contribution is 5.79. The lowest BCUT2D eigenvalue weighted by atomic mass is 9.75. The molecule has 2 aromatic carbocycles. The van der Waals surface area contributed by atoms with E-state index in [-0.39, 0.29) is 11.8 Å². The van der Waals surface area contributed by atoms with Crippen LogP contribution in [0.1, 0.15) is 12.8 Å². The number of piperidine rings is 3. The summed E-state index contributed by atoms with van der Waals surface area (Å²) in [6.07, 6.45) is 5.98. The molecule has 3 aromatic rings. The first-order chi connectivity index (χ1) is 16.1. The van der Waals surface area contributed by atoms with E-state index in [0.29, 0.717) is 18.5 Å². The summed E-state index contributed by atoms with van der Waals surface area (Å²) in [5.41, 5.74) is 4.37. The smallest absolute Gasteiger partial charge is 0.227 e. The number of amides is 1. The minimum Gasteiger partial charge on any atom is -0.342 e. The zero-order valence-electron chi connectivity index (χ0n) is 19.2. The van der Waals surface area contributed by atoms with Crippen molar-refractivity contribution in [2.24, 2.45) is 11.8 Å². The highest BCUT2D eigenvalue weighted by atomic mass is 16.2. The van der Waals surface area contributed by atoms with Gasteiger partial charge in [0.15, 0.2) is 0 Å². The maximum absolute atomic E-state index is 12.8. The minimum atomic E-state index is 0.106. The van der Waals surface area contributed by atoms with E-state index in [1.807, 2.05) is 24.0 Å². The Morgan fingerprint density at radius 2 is 1.85 bits per heavy atom. The number of hydrogen-bond donors (Lipinski definition) is 0. The largest absolute Gasteiger partial charge is 0.342 e. The van der Waals surface area contributed by atoms with E-state index in [1.54, 1.807) is 11.0 Å². The fourth-order valence-electron chi connectivity index (χ4n) is 5.37. The van der Waals surface area contributed by atoms with E-state index in [4.69, 9.17) is 0 Å². The molecule has 3 fully saturated rings. The SMILES string of the molecule is C=CCN(C)C(=O)[C@H]1CN2CC[C@@H]1C[C@@H]2Cn1cc(-c2ccc(-c3ccccc3)cc2)nn1. The molecule has 3 saturated heterocycles. The van der Waals surface area contributed by atoms with Crippen LogP contribution in [0.5, 0.6) is 0 Å². The van der Waals surface area contributed by atoms with Gasteiger partial charge in [0.25, 0.3) is 0 Å². The van der Waals surface area contributed by atoms with Crippen LogP contribution >= 0.6 is 0 Å². The maximum Gasteiger partial charge on any atom is 0.227 e. The van der Waals surface area contributed by atoms with Crippen molar-refractivity contribution in [3.05, 3.63) is 73.4 Å². The first-order valence-corrected chi connectivity index (χ1v) is 11.8. The molecule has 170 valence electrons. The lowest BCUT2D eigenvalue weighted by Gasteiger charge is -2.49. The fraction of sp³-hybridized carbons (Fsp3) is 0.370. The summed E-state index contributed by atoms with van der Waals surface area (Å²) >= 11 is 0. The van der Waals surface area contributed by atoms with Crippen LogP contribution in [0.4, 0.5) is 0 Å². The van der Waals surface area contributed by atoms with Crippen molar-refractivity contribution in [1.82, 2.24) is 24.8 Å². The quantitative estimate of drug-likeness (QED) is 0.521. The number of aromatic nitrogens is 3. The van der Waals surface area contributed by atoms with Gasteiger partial charge >= 0.3 is 0 Å². The van der Waals surface area contributed by atoms with E-state index in [0.717, 1.165) is 43.7 Å². The third kappa shape index (κ3) is 4.48. The Kier molecular flexibility index (Phi) is 6.09. The minimum absolute atomic E-state index is 0.106. The predicted octanol–water partition coefficient (Wildman–Crippen LogP) is 3.97. The number of carbonyl (C=O) groups excluding carboxylic acids is 1. The van der Waals surface area contributed by atoms with Crippen LogP contribution in [0.15, 0.2) is 73.4 Å². The Hall–Kier alpha value is -3.25. The second-order valence-corrected chi connectivity index (χ2v) is 9.32. The van der Waals surface area contributed by atoms with Crippen LogP contribution in [-0.2, 0) is 11.3 Å². The number of carbonyl (C=O) groups is 1. The van der Waals surface area contributed by atoms with Crippen molar-refractivity contribution in [1.29, 1.82) is 0 Å². The second kappa shape index (κ2) is 9.32. The molecular weight excluding hydrogens is 410 g/mol. The number of rotatable bonds is 7. The van der Waals surface area contributed by atoms with E-state index in [1.165, 1.54) is 11.1 Å². The van der Waals surface area contributed by atoms with Crippen molar-refractivity contribution < 1.29 is 4.79 Å². The van der Waals surface area contributed by atoms with Gasteiger partial charge in [-0.25, -0.2) is 0 Å². The Bertz CT molecular complexity index is 1110. The molecular formula is C27H31N5O. The molecule has 6 heteroatoms. The molecule has 0 N–H and O–H groups in total. The van der Waals surface area contributed by atoms with Crippen molar-refractivity contribution >= 4 is 5.91 Å². The van der Waals surface area contributed by atoms with E-state index < -0.39 is 0 Å². The molecule has 3 aliphatic heterocycles. The van der Waals surface area contributed by atoms with Crippen LogP contribution < -0.4 is 0 Å². The van der Waals surface area contributed by atoms with Gasteiger partial charge in [0, 0.05) is 31.7 Å². The first kappa shape index (κ1) is 21.6. The molecule has 1 unspecified atom stereocenters. The van der Waals surface area contributed by atoms with Gasteiger partial charge in [0.1, 0.15) is 5.69 Å². The number of fused-ring (bicyclic) bond motifs is 3. The van der Waals surface area contributed by atoms with Gasteiger partial charge in [-0.1, -0.05) is 65.9 Å². The fourth-order valence-corrected chi connectivity index (χ4v) is 5.37. The van der Waals surface area contributed by atoms with Gasteiger partial charge in [0.05, 0.1) is 18.7 Å². The van der Waals surface area contributed by atoms with Gasteiger partial charge in [0.2, 0.25) is 5.91 Å². The van der Waals surface area contributed by atoms with Crippen molar-refractivity contribution in [2.45, 2.75) is 25.4 Å². The monoisotopic (exact) mass is 441 g/mol. The Morgan fingerprint density at radius 3 is 2.55 bits per heavy atom. The first-order valence-electron chi connectivity index (χ1n) is 11.8. The molecule has 6 nitrogen and oxygen atoms in total. The van der Waals surface area contributed by atoms with Crippen LogP contribution in [0.3, 0.4) is 0 Å². The normalized spacial score (nSPS) is 23.9. The molecule has 6 rings (SSSR count). The van der Waals surface area contributed by atoms with Gasteiger partial charge in [-0.05, 0) is 36.4 Å². The summed E-state index contributed by atoms with van der Waals surface area (Å²) in [6.45, 7) is 7.09. The standard InChI is InChI=1S/C27H31N5O/c1-3-14-30(2)27(33)25-18-31-15-13-23(25)16-24(31)17-32-19-26(28-29-32)22-11-9-21(10-12-22)20-7-5-4-6-8-20/h3-12,19,23-25H,1,13-18H2,2H3/t23-,24-,25+/m1/s1. The van der Waals surface area contributed by atoms with Crippen molar-refractivity contribution in [2.75, 3.05) is 26.7 Å². The molecule has 33 heavy (non-hydrogen) atoms. The zero-order chi connectivity index (χ0) is 22.8. The van der Waals surface area contributed by atoms with E-state index in [9.17, 15) is 4.79 Å². The molecule has 1 aromatic heterocycles. The molecule has 3 aliphatic rings. The highest BCUT2D eigenvalue weighted by Gasteiger charge is 2.44. The molecule has 4 atom stereocenters.